The Kier molecular flexibility index (Phi) is 4.33. The van der Waals surface area contributed by atoms with Crippen LogP contribution >= 0.6 is 11.3 Å². The maximum atomic E-state index is 11.5. The molecule has 1 N–H and O–H groups in total. The van der Waals surface area contributed by atoms with E-state index in [2.05, 4.69) is 25.2 Å². The summed E-state index contributed by atoms with van der Waals surface area (Å²) in [6.07, 6.45) is 1.82. The SMILES string of the molecule is Cc1cc(CNCCn2ccccc2=O)sc1C. The summed E-state index contributed by atoms with van der Waals surface area (Å²) in [7, 11) is 0. The van der Waals surface area contributed by atoms with Crippen molar-refractivity contribution in [2.45, 2.75) is 26.9 Å². The summed E-state index contributed by atoms with van der Waals surface area (Å²) in [6.45, 7) is 6.68. The lowest BCUT2D eigenvalue weighted by Gasteiger charge is -2.05. The van der Waals surface area contributed by atoms with Crippen LogP contribution in [0.25, 0.3) is 0 Å². The third-order valence-corrected chi connectivity index (χ3v) is 4.10. The molecule has 96 valence electrons. The Labute approximate surface area is 111 Å². The van der Waals surface area contributed by atoms with Gasteiger partial charge in [0.2, 0.25) is 0 Å². The Bertz CT molecular complexity index is 552. The van der Waals surface area contributed by atoms with Crippen molar-refractivity contribution < 1.29 is 0 Å². The number of hydrogen-bond donors (Lipinski definition) is 1. The van der Waals surface area contributed by atoms with E-state index in [0.717, 1.165) is 13.1 Å². The second-order valence-corrected chi connectivity index (χ2v) is 5.70. The van der Waals surface area contributed by atoms with E-state index < -0.39 is 0 Å². The van der Waals surface area contributed by atoms with Crippen LogP contribution < -0.4 is 10.9 Å². The first-order valence-corrected chi connectivity index (χ1v) is 6.90. The van der Waals surface area contributed by atoms with Gasteiger partial charge in [-0.15, -0.1) is 11.3 Å². The van der Waals surface area contributed by atoms with E-state index >= 15 is 0 Å². The zero-order valence-electron chi connectivity index (χ0n) is 10.8. The standard InChI is InChI=1S/C14H18N2OS/c1-11-9-13(18-12(11)2)10-15-6-8-16-7-4-3-5-14(16)17/h3-5,7,9,15H,6,8,10H2,1-2H3. The Hall–Kier alpha value is -1.39. The van der Waals surface area contributed by atoms with E-state index in [9.17, 15) is 4.79 Å². The van der Waals surface area contributed by atoms with Crippen LogP contribution in [0.2, 0.25) is 0 Å². The molecule has 2 aromatic rings. The molecule has 4 heteroatoms. The Morgan fingerprint density at radius 2 is 2.17 bits per heavy atom. The number of hydrogen-bond acceptors (Lipinski definition) is 3. The average Bonchev–Trinajstić information content (AvgIpc) is 2.66. The van der Waals surface area contributed by atoms with E-state index in [1.165, 1.54) is 15.3 Å². The first kappa shape index (κ1) is 13.1. The number of thiophene rings is 1. The van der Waals surface area contributed by atoms with Gasteiger partial charge in [-0.25, -0.2) is 0 Å². The molecule has 2 aromatic heterocycles. The normalized spacial score (nSPS) is 10.8. The second-order valence-electron chi connectivity index (χ2n) is 4.36. The lowest BCUT2D eigenvalue weighted by Crippen LogP contribution is -2.25. The van der Waals surface area contributed by atoms with Crippen LogP contribution in [0.1, 0.15) is 15.3 Å². The molecule has 0 unspecified atom stereocenters. The smallest absolute Gasteiger partial charge is 0.250 e. The first-order chi connectivity index (χ1) is 8.66. The van der Waals surface area contributed by atoms with Crippen LogP contribution in [0.3, 0.4) is 0 Å². The highest BCUT2D eigenvalue weighted by molar-refractivity contribution is 7.12. The fourth-order valence-electron chi connectivity index (χ4n) is 1.79. The number of aryl methyl sites for hydroxylation is 2. The van der Waals surface area contributed by atoms with Gasteiger partial charge in [0.25, 0.3) is 5.56 Å². The van der Waals surface area contributed by atoms with Crippen LogP contribution in [-0.2, 0) is 13.1 Å². The van der Waals surface area contributed by atoms with Crippen molar-refractivity contribution >= 4 is 11.3 Å². The van der Waals surface area contributed by atoms with Gasteiger partial charge in [-0.3, -0.25) is 4.79 Å². The van der Waals surface area contributed by atoms with Crippen LogP contribution in [0.4, 0.5) is 0 Å². The number of nitrogens with zero attached hydrogens (tertiary/aromatic N) is 1. The zero-order valence-corrected chi connectivity index (χ0v) is 11.6. The van der Waals surface area contributed by atoms with Gasteiger partial charge in [-0.05, 0) is 31.5 Å². The van der Waals surface area contributed by atoms with E-state index in [1.54, 1.807) is 16.7 Å². The molecule has 0 aromatic carbocycles. The molecule has 18 heavy (non-hydrogen) atoms. The molecule has 0 saturated carbocycles. The van der Waals surface area contributed by atoms with E-state index in [1.807, 2.05) is 23.6 Å². The highest BCUT2D eigenvalue weighted by Crippen LogP contribution is 2.19. The number of aromatic nitrogens is 1. The molecule has 2 heterocycles. The summed E-state index contributed by atoms with van der Waals surface area (Å²) in [5.41, 5.74) is 1.41. The summed E-state index contributed by atoms with van der Waals surface area (Å²) >= 11 is 1.83. The minimum Gasteiger partial charge on any atom is -0.314 e. The molecule has 0 aliphatic carbocycles. The van der Waals surface area contributed by atoms with E-state index in [4.69, 9.17) is 0 Å². The van der Waals surface area contributed by atoms with Gasteiger partial charge >= 0.3 is 0 Å². The largest absolute Gasteiger partial charge is 0.314 e. The molecule has 0 aliphatic heterocycles. The van der Waals surface area contributed by atoms with Gasteiger partial charge < -0.3 is 9.88 Å². The van der Waals surface area contributed by atoms with Crippen LogP contribution in [0.15, 0.2) is 35.3 Å². The molecular weight excluding hydrogens is 244 g/mol. The van der Waals surface area contributed by atoms with Crippen molar-refractivity contribution in [1.29, 1.82) is 0 Å². The monoisotopic (exact) mass is 262 g/mol. The Morgan fingerprint density at radius 3 is 2.83 bits per heavy atom. The van der Waals surface area contributed by atoms with E-state index in [-0.39, 0.29) is 5.56 Å². The molecule has 2 rings (SSSR count). The van der Waals surface area contributed by atoms with Gasteiger partial charge in [0, 0.05) is 41.7 Å². The summed E-state index contributed by atoms with van der Waals surface area (Å²) in [4.78, 5) is 14.2. The molecule has 0 saturated heterocycles. The maximum Gasteiger partial charge on any atom is 0.250 e. The summed E-state index contributed by atoms with van der Waals surface area (Å²) < 4.78 is 1.72. The molecule has 0 bridgehead atoms. The van der Waals surface area contributed by atoms with Crippen molar-refractivity contribution in [3.8, 4) is 0 Å². The Morgan fingerprint density at radius 1 is 1.33 bits per heavy atom. The van der Waals surface area contributed by atoms with E-state index in [0.29, 0.717) is 6.54 Å². The molecule has 0 fully saturated rings. The molecule has 0 atom stereocenters. The summed E-state index contributed by atoms with van der Waals surface area (Å²) in [5, 5.41) is 3.37. The van der Waals surface area contributed by atoms with Gasteiger partial charge in [-0.1, -0.05) is 6.07 Å². The Balaban J connectivity index is 1.80. The summed E-state index contributed by atoms with van der Waals surface area (Å²) in [6, 6.07) is 7.46. The fourth-order valence-corrected chi connectivity index (χ4v) is 2.82. The molecular formula is C14H18N2OS. The van der Waals surface area contributed by atoms with Gasteiger partial charge in [-0.2, -0.15) is 0 Å². The number of pyridine rings is 1. The molecule has 0 spiro atoms. The first-order valence-electron chi connectivity index (χ1n) is 6.09. The number of nitrogens with one attached hydrogen (secondary N) is 1. The van der Waals surface area contributed by atoms with Crippen LogP contribution in [-0.4, -0.2) is 11.1 Å². The molecule has 0 aliphatic rings. The van der Waals surface area contributed by atoms with Gasteiger partial charge in [0.15, 0.2) is 0 Å². The van der Waals surface area contributed by atoms with Crippen molar-refractivity contribution in [2.75, 3.05) is 6.54 Å². The predicted octanol–water partition coefficient (Wildman–Crippen LogP) is 2.32. The van der Waals surface area contributed by atoms with Crippen molar-refractivity contribution in [2.24, 2.45) is 0 Å². The van der Waals surface area contributed by atoms with Gasteiger partial charge in [0.1, 0.15) is 0 Å². The molecule has 3 nitrogen and oxygen atoms in total. The van der Waals surface area contributed by atoms with Crippen molar-refractivity contribution in [3.05, 3.63) is 56.1 Å². The maximum absolute atomic E-state index is 11.5. The fraction of sp³-hybridized carbons (Fsp3) is 0.357. The minimum absolute atomic E-state index is 0.0575. The number of rotatable bonds is 5. The highest BCUT2D eigenvalue weighted by atomic mass is 32.1. The van der Waals surface area contributed by atoms with Crippen LogP contribution in [0.5, 0.6) is 0 Å². The molecule has 0 amide bonds. The second kappa shape index (κ2) is 5.98. The lowest BCUT2D eigenvalue weighted by molar-refractivity contribution is 0.588. The topological polar surface area (TPSA) is 34.0 Å². The van der Waals surface area contributed by atoms with Crippen molar-refractivity contribution in [1.82, 2.24) is 9.88 Å². The highest BCUT2D eigenvalue weighted by Gasteiger charge is 2.00. The quantitative estimate of drug-likeness (QED) is 0.839. The minimum atomic E-state index is 0.0575. The summed E-state index contributed by atoms with van der Waals surface area (Å²) in [5.74, 6) is 0. The lowest BCUT2D eigenvalue weighted by atomic mass is 10.3. The molecule has 0 radical (unpaired) electrons. The van der Waals surface area contributed by atoms with Crippen molar-refractivity contribution in [3.63, 3.8) is 0 Å². The zero-order chi connectivity index (χ0) is 13.0. The van der Waals surface area contributed by atoms with Crippen LogP contribution in [0, 0.1) is 13.8 Å². The predicted molar refractivity (Wildman–Crippen MR) is 76.2 cm³/mol. The third kappa shape index (κ3) is 3.31. The average molecular weight is 262 g/mol. The third-order valence-electron chi connectivity index (χ3n) is 2.94. The van der Waals surface area contributed by atoms with Gasteiger partial charge in [0.05, 0.1) is 0 Å².